The highest BCUT2D eigenvalue weighted by Gasteiger charge is 2.12. The van der Waals surface area contributed by atoms with Crippen LogP contribution < -0.4 is 5.43 Å². The maximum Gasteiger partial charge on any atom is 0.289 e. The molecule has 3 aromatic rings. The number of hydrogen-bond donors (Lipinski definition) is 2. The molecule has 0 spiro atoms. The Morgan fingerprint density at radius 3 is 2.68 bits per heavy atom. The van der Waals surface area contributed by atoms with Crippen molar-refractivity contribution in [3.05, 3.63) is 59.0 Å². The van der Waals surface area contributed by atoms with Crippen LogP contribution in [0.5, 0.6) is 0 Å². The fraction of sp³-hybridized carbons (Fsp3) is 0.125. The highest BCUT2D eigenvalue weighted by molar-refractivity contribution is 5.94. The van der Waals surface area contributed by atoms with Gasteiger partial charge in [0.05, 0.1) is 23.2 Å². The second kappa shape index (κ2) is 6.63. The number of carbonyl (C=O) groups excluding carboxylic acids is 1. The van der Waals surface area contributed by atoms with Gasteiger partial charge in [0.1, 0.15) is 11.5 Å². The molecule has 2 N–H and O–H groups in total. The fourth-order valence-electron chi connectivity index (χ4n) is 2.22. The average Bonchev–Trinajstić information content (AvgIpc) is 3.16. The third kappa shape index (κ3) is 3.44. The minimum absolute atomic E-state index is 0.167. The second-order valence-corrected chi connectivity index (χ2v) is 5.29. The lowest BCUT2D eigenvalue weighted by Crippen LogP contribution is -2.18. The molecular formula is C16H14F2N6O. The number of amides is 1. The molecule has 2 heterocycles. The number of hydrogen-bond acceptors (Lipinski definition) is 4. The zero-order chi connectivity index (χ0) is 18.0. The summed E-state index contributed by atoms with van der Waals surface area (Å²) in [4.78, 5) is 12.0. The van der Waals surface area contributed by atoms with E-state index in [0.717, 1.165) is 4.68 Å². The largest absolute Gasteiger partial charge is 0.289 e. The monoisotopic (exact) mass is 344 g/mol. The first kappa shape index (κ1) is 16.5. The second-order valence-electron chi connectivity index (χ2n) is 5.29. The van der Waals surface area contributed by atoms with Crippen LogP contribution in [0.2, 0.25) is 0 Å². The summed E-state index contributed by atoms with van der Waals surface area (Å²) in [6.07, 6.45) is 1.19. The van der Waals surface area contributed by atoms with E-state index >= 15 is 0 Å². The van der Waals surface area contributed by atoms with Crippen molar-refractivity contribution in [1.29, 1.82) is 0 Å². The third-order valence-electron chi connectivity index (χ3n) is 3.52. The highest BCUT2D eigenvalue weighted by atomic mass is 19.1. The number of rotatable bonds is 4. The number of nitrogens with one attached hydrogen (secondary N) is 2. The van der Waals surface area contributed by atoms with Gasteiger partial charge in [-0.2, -0.15) is 19.7 Å². The summed E-state index contributed by atoms with van der Waals surface area (Å²) in [5.74, 6) is -1.45. The Morgan fingerprint density at radius 2 is 2.04 bits per heavy atom. The smallest absolute Gasteiger partial charge is 0.272 e. The van der Waals surface area contributed by atoms with Crippen LogP contribution in [0.15, 0.2) is 35.4 Å². The Bertz CT molecular complexity index is 942. The van der Waals surface area contributed by atoms with Gasteiger partial charge >= 0.3 is 0 Å². The van der Waals surface area contributed by atoms with E-state index in [2.05, 4.69) is 25.8 Å². The lowest BCUT2D eigenvalue weighted by molar-refractivity contribution is 0.0950. The van der Waals surface area contributed by atoms with Gasteiger partial charge in [-0.3, -0.25) is 9.89 Å². The fourth-order valence-corrected chi connectivity index (χ4v) is 2.22. The molecule has 0 unspecified atom stereocenters. The van der Waals surface area contributed by atoms with Crippen molar-refractivity contribution in [2.75, 3.05) is 0 Å². The van der Waals surface area contributed by atoms with Crippen LogP contribution >= 0.6 is 0 Å². The average molecular weight is 344 g/mol. The van der Waals surface area contributed by atoms with Crippen LogP contribution in [0, 0.1) is 18.7 Å². The summed E-state index contributed by atoms with van der Waals surface area (Å²) in [6, 6.07) is 7.23. The van der Waals surface area contributed by atoms with Crippen molar-refractivity contribution in [3.8, 4) is 11.3 Å². The lowest BCUT2D eigenvalue weighted by atomic mass is 10.1. The van der Waals surface area contributed by atoms with Crippen molar-refractivity contribution in [2.45, 2.75) is 6.92 Å². The van der Waals surface area contributed by atoms with Gasteiger partial charge in [-0.25, -0.2) is 14.5 Å². The van der Waals surface area contributed by atoms with Crippen LogP contribution in [-0.4, -0.2) is 32.1 Å². The van der Waals surface area contributed by atoms with E-state index in [1.807, 2.05) is 0 Å². The van der Waals surface area contributed by atoms with Gasteiger partial charge in [0.2, 0.25) is 5.95 Å². The molecule has 1 amide bonds. The minimum Gasteiger partial charge on any atom is -0.272 e. The van der Waals surface area contributed by atoms with E-state index < -0.39 is 11.9 Å². The Morgan fingerprint density at radius 1 is 1.32 bits per heavy atom. The van der Waals surface area contributed by atoms with Crippen LogP contribution in [0.4, 0.5) is 8.78 Å². The van der Waals surface area contributed by atoms with Crippen LogP contribution in [0.3, 0.4) is 0 Å². The predicted molar refractivity (Wildman–Crippen MR) is 86.9 cm³/mol. The maximum atomic E-state index is 13.7. The summed E-state index contributed by atoms with van der Waals surface area (Å²) in [6.45, 7) is 1.64. The van der Waals surface area contributed by atoms with E-state index in [0.29, 0.717) is 17.0 Å². The molecule has 0 aliphatic rings. The molecule has 7 nitrogen and oxygen atoms in total. The molecule has 2 aromatic heterocycles. The van der Waals surface area contributed by atoms with Crippen molar-refractivity contribution in [1.82, 2.24) is 25.4 Å². The molecule has 0 saturated carbocycles. The van der Waals surface area contributed by atoms with E-state index in [1.165, 1.54) is 31.5 Å². The summed E-state index contributed by atoms with van der Waals surface area (Å²) in [5, 5.41) is 14.2. The van der Waals surface area contributed by atoms with Crippen molar-refractivity contribution in [3.63, 3.8) is 0 Å². The molecule has 128 valence electrons. The summed E-state index contributed by atoms with van der Waals surface area (Å²) in [5.41, 5.74) is 4.25. The number of aromatic nitrogens is 4. The quantitative estimate of drug-likeness (QED) is 0.561. The maximum absolute atomic E-state index is 13.7. The van der Waals surface area contributed by atoms with Gasteiger partial charge in [-0.05, 0) is 37.3 Å². The third-order valence-corrected chi connectivity index (χ3v) is 3.52. The number of carbonyl (C=O) groups is 1. The van der Waals surface area contributed by atoms with E-state index in [9.17, 15) is 13.6 Å². The number of aromatic amines is 1. The zero-order valence-corrected chi connectivity index (χ0v) is 13.4. The van der Waals surface area contributed by atoms with Crippen LogP contribution in [0.1, 0.15) is 21.7 Å². The molecule has 0 bridgehead atoms. The van der Waals surface area contributed by atoms with Gasteiger partial charge in [0.25, 0.3) is 5.91 Å². The van der Waals surface area contributed by atoms with Crippen molar-refractivity contribution >= 4 is 12.1 Å². The normalized spacial score (nSPS) is 11.2. The van der Waals surface area contributed by atoms with Crippen molar-refractivity contribution in [2.24, 2.45) is 12.1 Å². The molecule has 0 fully saturated rings. The molecular weight excluding hydrogens is 330 g/mol. The van der Waals surface area contributed by atoms with Gasteiger partial charge in [-0.1, -0.05) is 0 Å². The van der Waals surface area contributed by atoms with Crippen LogP contribution in [-0.2, 0) is 7.05 Å². The lowest BCUT2D eigenvalue weighted by Gasteiger charge is -1.96. The molecule has 0 aliphatic heterocycles. The SMILES string of the molecule is Cc1nn(C)c(F)c1/C=N/NC(=O)c1cc(-c2ccc(F)cc2)n[nH]1. The molecule has 1 aromatic carbocycles. The standard InChI is InChI=1S/C16H14F2N6O/c1-9-12(15(18)24(2)23-9)8-19-22-16(25)14-7-13(20-21-14)10-3-5-11(17)6-4-10/h3-8H,1-2H3,(H,20,21)(H,22,25)/b19-8+. The first-order valence-electron chi connectivity index (χ1n) is 7.29. The Hall–Kier alpha value is -3.36. The molecule has 25 heavy (non-hydrogen) atoms. The number of H-pyrrole nitrogens is 1. The number of halogens is 2. The van der Waals surface area contributed by atoms with E-state index in [1.54, 1.807) is 19.1 Å². The molecule has 0 radical (unpaired) electrons. The first-order chi connectivity index (χ1) is 12.0. The Balaban J connectivity index is 1.70. The van der Waals surface area contributed by atoms with Crippen molar-refractivity contribution < 1.29 is 13.6 Å². The summed E-state index contributed by atoms with van der Waals surface area (Å²) in [7, 11) is 1.47. The van der Waals surface area contributed by atoms with Gasteiger partial charge in [-0.15, -0.1) is 0 Å². The molecule has 0 saturated heterocycles. The minimum atomic E-state index is -0.546. The summed E-state index contributed by atoms with van der Waals surface area (Å²) < 4.78 is 27.8. The van der Waals surface area contributed by atoms with Crippen LogP contribution in [0.25, 0.3) is 11.3 Å². The molecule has 0 aliphatic carbocycles. The topological polar surface area (TPSA) is 88.0 Å². The zero-order valence-electron chi connectivity index (χ0n) is 13.4. The highest BCUT2D eigenvalue weighted by Crippen LogP contribution is 2.18. The number of benzene rings is 1. The molecule has 3 rings (SSSR count). The van der Waals surface area contributed by atoms with Gasteiger partial charge < -0.3 is 0 Å². The molecule has 0 atom stereocenters. The number of hydrazone groups is 1. The Kier molecular flexibility index (Phi) is 4.38. The number of aryl methyl sites for hydroxylation is 2. The predicted octanol–water partition coefficient (Wildman–Crippen LogP) is 2.16. The van der Waals surface area contributed by atoms with E-state index in [4.69, 9.17) is 0 Å². The number of nitrogens with zero attached hydrogens (tertiary/aromatic N) is 4. The van der Waals surface area contributed by atoms with Gasteiger partial charge in [0.15, 0.2) is 0 Å². The Labute approximate surface area is 141 Å². The first-order valence-corrected chi connectivity index (χ1v) is 7.29. The van der Waals surface area contributed by atoms with E-state index in [-0.39, 0.29) is 17.1 Å². The molecule has 9 heteroatoms. The summed E-state index contributed by atoms with van der Waals surface area (Å²) >= 11 is 0. The van der Waals surface area contributed by atoms with Gasteiger partial charge in [0, 0.05) is 12.6 Å².